The Morgan fingerprint density at radius 1 is 0.946 bits per heavy atom. The van der Waals surface area contributed by atoms with Crippen molar-refractivity contribution in [3.8, 4) is 33.8 Å². The summed E-state index contributed by atoms with van der Waals surface area (Å²) >= 11 is 0. The Morgan fingerprint density at radius 3 is 2.57 bits per heavy atom. The molecule has 6 rings (SSSR count). The summed E-state index contributed by atoms with van der Waals surface area (Å²) in [5.74, 6) is 0.219. The van der Waals surface area contributed by atoms with Crippen LogP contribution >= 0.6 is 0 Å². The van der Waals surface area contributed by atoms with Crippen LogP contribution in [0.4, 0.5) is 14.9 Å². The zero-order chi connectivity index (χ0) is 25.5. The predicted octanol–water partition coefficient (Wildman–Crippen LogP) is 4.86. The van der Waals surface area contributed by atoms with Crippen LogP contribution in [-0.4, -0.2) is 60.1 Å². The highest BCUT2D eigenvalue weighted by Gasteiger charge is 2.17. The highest BCUT2D eigenvalue weighted by atomic mass is 19.1. The summed E-state index contributed by atoms with van der Waals surface area (Å²) < 4.78 is 13.4. The van der Waals surface area contributed by atoms with E-state index in [0.717, 1.165) is 27.6 Å². The number of benzene rings is 1. The van der Waals surface area contributed by atoms with Crippen molar-refractivity contribution in [2.75, 3.05) is 19.4 Å². The minimum Gasteiger partial charge on any atom is -0.331 e. The van der Waals surface area contributed by atoms with Crippen LogP contribution in [0, 0.1) is 5.82 Å². The highest BCUT2D eigenvalue weighted by molar-refractivity contribution is 5.96. The largest absolute Gasteiger partial charge is 0.331 e. The quantitative estimate of drug-likeness (QED) is 0.322. The monoisotopic (exact) mass is 493 g/mol. The number of pyridine rings is 3. The molecule has 5 heterocycles. The normalized spacial score (nSPS) is 11.2. The van der Waals surface area contributed by atoms with Gasteiger partial charge in [0.25, 0.3) is 0 Å². The number of amides is 2. The van der Waals surface area contributed by atoms with E-state index in [0.29, 0.717) is 34.0 Å². The van der Waals surface area contributed by atoms with Crippen molar-refractivity contribution in [1.29, 1.82) is 0 Å². The Bertz CT molecular complexity index is 1770. The maximum absolute atomic E-state index is 13.4. The number of aromatic amines is 2. The number of urea groups is 1. The summed E-state index contributed by atoms with van der Waals surface area (Å²) in [6.45, 7) is 0. The van der Waals surface area contributed by atoms with Crippen LogP contribution in [0.1, 0.15) is 0 Å². The van der Waals surface area contributed by atoms with Gasteiger partial charge in [0.2, 0.25) is 0 Å². The number of rotatable bonds is 4. The first-order chi connectivity index (χ1) is 18.0. The summed E-state index contributed by atoms with van der Waals surface area (Å²) in [5.41, 5.74) is 6.22. The first kappa shape index (κ1) is 22.3. The summed E-state index contributed by atoms with van der Waals surface area (Å²) in [4.78, 5) is 34.7. The van der Waals surface area contributed by atoms with Gasteiger partial charge in [-0.3, -0.25) is 10.1 Å². The molecule has 10 nitrogen and oxygen atoms in total. The van der Waals surface area contributed by atoms with Gasteiger partial charge < -0.3 is 15.2 Å². The molecule has 0 fully saturated rings. The van der Waals surface area contributed by atoms with Gasteiger partial charge in [-0.1, -0.05) is 12.1 Å². The van der Waals surface area contributed by atoms with Crippen LogP contribution < -0.4 is 5.32 Å². The molecule has 0 atom stereocenters. The lowest BCUT2D eigenvalue weighted by atomic mass is 10.1. The Balaban J connectivity index is 1.41. The second kappa shape index (κ2) is 8.79. The van der Waals surface area contributed by atoms with Gasteiger partial charge in [0, 0.05) is 49.4 Å². The van der Waals surface area contributed by atoms with Crippen LogP contribution in [0.25, 0.3) is 56.0 Å². The third-order valence-corrected chi connectivity index (χ3v) is 5.91. The van der Waals surface area contributed by atoms with Crippen molar-refractivity contribution in [1.82, 2.24) is 40.0 Å². The standard InChI is InChI=1S/C26H20FN9O/c1-36(2)26(37)31-18-9-15(11-28-13-18)16-10-20-22(34-35-23(20)30-12-16)25-32-21-19(7-8-29-24(21)33-25)14-3-5-17(27)6-4-14/h3-13H,1-2H3,(H,31,37)(H,29,32,33)(H,30,34,35). The molecular weight excluding hydrogens is 473 g/mol. The number of hydrogen-bond donors (Lipinski definition) is 3. The Labute approximate surface area is 209 Å². The second-order valence-corrected chi connectivity index (χ2v) is 8.63. The lowest BCUT2D eigenvalue weighted by molar-refractivity contribution is 0.230. The third kappa shape index (κ3) is 4.12. The number of hydrogen-bond acceptors (Lipinski definition) is 6. The number of aromatic nitrogens is 7. The number of halogens is 1. The Morgan fingerprint density at radius 2 is 1.76 bits per heavy atom. The molecule has 0 unspecified atom stereocenters. The molecule has 37 heavy (non-hydrogen) atoms. The highest BCUT2D eigenvalue weighted by Crippen LogP contribution is 2.32. The van der Waals surface area contributed by atoms with Crippen molar-refractivity contribution in [3.63, 3.8) is 0 Å². The fourth-order valence-corrected chi connectivity index (χ4v) is 4.03. The van der Waals surface area contributed by atoms with E-state index in [2.05, 4.69) is 35.5 Å². The summed E-state index contributed by atoms with van der Waals surface area (Å²) in [6, 6.07) is 11.6. The van der Waals surface area contributed by atoms with E-state index in [9.17, 15) is 9.18 Å². The third-order valence-electron chi connectivity index (χ3n) is 5.91. The van der Waals surface area contributed by atoms with Crippen molar-refractivity contribution in [2.24, 2.45) is 0 Å². The van der Waals surface area contributed by atoms with Crippen LogP contribution in [0.2, 0.25) is 0 Å². The van der Waals surface area contributed by atoms with E-state index < -0.39 is 0 Å². The molecule has 0 spiro atoms. The molecule has 0 saturated carbocycles. The van der Waals surface area contributed by atoms with Crippen molar-refractivity contribution in [2.45, 2.75) is 0 Å². The summed E-state index contributed by atoms with van der Waals surface area (Å²) in [7, 11) is 3.34. The molecule has 0 radical (unpaired) electrons. The number of imidazole rings is 1. The molecule has 6 aromatic rings. The smallest absolute Gasteiger partial charge is 0.321 e. The zero-order valence-electron chi connectivity index (χ0n) is 19.8. The molecular formula is C26H20FN9O. The zero-order valence-corrected chi connectivity index (χ0v) is 19.8. The number of carbonyl (C=O) groups excluding carboxylic acids is 1. The number of fused-ring (bicyclic) bond motifs is 2. The predicted molar refractivity (Wildman–Crippen MR) is 138 cm³/mol. The molecule has 3 N–H and O–H groups in total. The first-order valence-corrected chi connectivity index (χ1v) is 11.3. The maximum Gasteiger partial charge on any atom is 0.321 e. The number of nitrogens with zero attached hydrogens (tertiary/aromatic N) is 6. The number of nitrogens with one attached hydrogen (secondary N) is 3. The molecule has 2 amide bonds. The summed E-state index contributed by atoms with van der Waals surface area (Å²) in [6.07, 6.45) is 6.68. The molecule has 0 bridgehead atoms. The molecule has 5 aromatic heterocycles. The van der Waals surface area contributed by atoms with Gasteiger partial charge in [0.1, 0.15) is 17.0 Å². The summed E-state index contributed by atoms with van der Waals surface area (Å²) in [5, 5.41) is 11.0. The fraction of sp³-hybridized carbons (Fsp3) is 0.0769. The van der Waals surface area contributed by atoms with Gasteiger partial charge in [-0.05, 0) is 35.9 Å². The van der Waals surface area contributed by atoms with E-state index in [1.807, 2.05) is 18.2 Å². The second-order valence-electron chi connectivity index (χ2n) is 8.63. The molecule has 0 saturated heterocycles. The first-order valence-electron chi connectivity index (χ1n) is 11.3. The molecule has 0 aliphatic rings. The minimum absolute atomic E-state index is 0.247. The van der Waals surface area contributed by atoms with Gasteiger partial charge in [-0.25, -0.2) is 24.1 Å². The van der Waals surface area contributed by atoms with Crippen LogP contribution in [0.5, 0.6) is 0 Å². The lowest BCUT2D eigenvalue weighted by Crippen LogP contribution is -2.27. The Kier molecular flexibility index (Phi) is 5.29. The minimum atomic E-state index is -0.302. The number of H-pyrrole nitrogens is 2. The van der Waals surface area contributed by atoms with E-state index in [1.165, 1.54) is 17.0 Å². The molecule has 182 valence electrons. The molecule has 0 aliphatic carbocycles. The lowest BCUT2D eigenvalue weighted by Gasteiger charge is -2.12. The van der Waals surface area contributed by atoms with Crippen LogP contribution in [0.15, 0.2) is 67.3 Å². The van der Waals surface area contributed by atoms with Gasteiger partial charge in [0.05, 0.1) is 17.3 Å². The molecule has 0 aliphatic heterocycles. The maximum atomic E-state index is 13.4. The van der Waals surface area contributed by atoms with Gasteiger partial charge in [-0.2, -0.15) is 5.10 Å². The average Bonchev–Trinajstić information content (AvgIpc) is 3.53. The van der Waals surface area contributed by atoms with Gasteiger partial charge in [0.15, 0.2) is 17.1 Å². The van der Waals surface area contributed by atoms with E-state index in [1.54, 1.807) is 51.0 Å². The SMILES string of the molecule is CN(C)C(=O)Nc1cncc(-c2cnc3[nH]nc(-c4nc5c(-c6ccc(F)cc6)ccnc5[nH]4)c3c2)c1. The van der Waals surface area contributed by atoms with Crippen molar-refractivity contribution in [3.05, 3.63) is 73.1 Å². The van der Waals surface area contributed by atoms with Crippen molar-refractivity contribution < 1.29 is 9.18 Å². The average molecular weight is 494 g/mol. The molecule has 1 aromatic carbocycles. The topological polar surface area (TPSA) is 128 Å². The van der Waals surface area contributed by atoms with Crippen molar-refractivity contribution >= 4 is 33.9 Å². The van der Waals surface area contributed by atoms with E-state index >= 15 is 0 Å². The van der Waals surface area contributed by atoms with Gasteiger partial charge >= 0.3 is 6.03 Å². The fourth-order valence-electron chi connectivity index (χ4n) is 4.03. The molecule has 11 heteroatoms. The number of carbonyl (C=O) groups is 1. The van der Waals surface area contributed by atoms with Gasteiger partial charge in [-0.15, -0.1) is 0 Å². The van der Waals surface area contributed by atoms with Crippen LogP contribution in [0.3, 0.4) is 0 Å². The Hall–Kier alpha value is -5.19. The number of anilines is 1. The van der Waals surface area contributed by atoms with E-state index in [4.69, 9.17) is 4.98 Å². The van der Waals surface area contributed by atoms with Crippen LogP contribution in [-0.2, 0) is 0 Å². The van der Waals surface area contributed by atoms with E-state index in [-0.39, 0.29) is 11.8 Å².